The van der Waals surface area contributed by atoms with E-state index in [4.69, 9.17) is 0 Å². The molecule has 7 nitrogen and oxygen atoms in total. The molecule has 27 heavy (non-hydrogen) atoms. The Morgan fingerprint density at radius 2 is 1.89 bits per heavy atom. The van der Waals surface area contributed by atoms with Crippen LogP contribution in [0.15, 0.2) is 47.3 Å². The van der Waals surface area contributed by atoms with E-state index < -0.39 is 0 Å². The number of aryl methyl sites for hydroxylation is 1. The van der Waals surface area contributed by atoms with E-state index >= 15 is 0 Å². The normalized spacial score (nSPS) is 17.7. The average molecular weight is 368 g/mol. The van der Waals surface area contributed by atoms with E-state index in [1.54, 1.807) is 4.90 Å². The fraction of sp³-hybridized carbons (Fsp3) is 0.400. The van der Waals surface area contributed by atoms with Gasteiger partial charge in [0.05, 0.1) is 0 Å². The summed E-state index contributed by atoms with van der Waals surface area (Å²) in [6, 6.07) is 12.6. The van der Waals surface area contributed by atoms with E-state index in [2.05, 4.69) is 5.10 Å². The fourth-order valence-electron chi connectivity index (χ4n) is 3.33. The first kappa shape index (κ1) is 18.8. The second kappa shape index (κ2) is 8.16. The van der Waals surface area contributed by atoms with Gasteiger partial charge in [0.2, 0.25) is 5.91 Å². The predicted molar refractivity (Wildman–Crippen MR) is 101 cm³/mol. The highest BCUT2D eigenvalue weighted by Gasteiger charge is 2.31. The van der Waals surface area contributed by atoms with Crippen LogP contribution in [0.2, 0.25) is 0 Å². The van der Waals surface area contributed by atoms with Crippen molar-refractivity contribution >= 4 is 11.8 Å². The van der Waals surface area contributed by atoms with Crippen LogP contribution in [0.1, 0.15) is 35.8 Å². The van der Waals surface area contributed by atoms with Gasteiger partial charge >= 0.3 is 0 Å². The number of aromatic nitrogens is 2. The molecule has 1 aromatic carbocycles. The molecular formula is C20H24N4O3. The molecule has 1 aromatic heterocycles. The summed E-state index contributed by atoms with van der Waals surface area (Å²) in [6.45, 7) is 3.37. The van der Waals surface area contributed by atoms with Crippen molar-refractivity contribution in [3.63, 3.8) is 0 Å². The lowest BCUT2D eigenvalue weighted by molar-refractivity contribution is -0.133. The number of carbonyl (C=O) groups is 2. The topological polar surface area (TPSA) is 75.5 Å². The molecule has 2 heterocycles. The maximum atomic E-state index is 12.9. The van der Waals surface area contributed by atoms with Gasteiger partial charge in [-0.3, -0.25) is 14.4 Å². The van der Waals surface area contributed by atoms with Crippen LogP contribution < -0.4 is 5.56 Å². The number of hydrogen-bond donors (Lipinski definition) is 0. The Kier molecular flexibility index (Phi) is 5.69. The van der Waals surface area contributed by atoms with Crippen LogP contribution in [0, 0.1) is 0 Å². The second-order valence-corrected chi connectivity index (χ2v) is 6.75. The Labute approximate surface area is 158 Å². The van der Waals surface area contributed by atoms with Gasteiger partial charge < -0.3 is 9.80 Å². The molecule has 0 aliphatic carbocycles. The first-order chi connectivity index (χ1) is 13.0. The Morgan fingerprint density at radius 1 is 1.15 bits per heavy atom. The first-order valence-electron chi connectivity index (χ1n) is 9.16. The summed E-state index contributed by atoms with van der Waals surface area (Å²) in [5, 5.41) is 4.05. The van der Waals surface area contributed by atoms with Gasteiger partial charge in [-0.05, 0) is 18.1 Å². The van der Waals surface area contributed by atoms with Crippen LogP contribution >= 0.6 is 0 Å². The molecule has 0 saturated carbocycles. The first-order valence-corrected chi connectivity index (χ1v) is 9.16. The van der Waals surface area contributed by atoms with Crippen LogP contribution in [0.4, 0.5) is 0 Å². The van der Waals surface area contributed by atoms with E-state index in [1.807, 2.05) is 42.2 Å². The molecule has 0 N–H and O–H groups in total. The highest BCUT2D eigenvalue weighted by atomic mass is 16.2. The zero-order valence-electron chi connectivity index (χ0n) is 15.7. The van der Waals surface area contributed by atoms with Gasteiger partial charge in [0.1, 0.15) is 5.69 Å². The van der Waals surface area contributed by atoms with Gasteiger partial charge in [0.25, 0.3) is 11.5 Å². The van der Waals surface area contributed by atoms with E-state index in [9.17, 15) is 14.4 Å². The number of hydrogen-bond acceptors (Lipinski definition) is 4. The minimum atomic E-state index is -0.266. The van der Waals surface area contributed by atoms with Gasteiger partial charge in [0, 0.05) is 45.2 Å². The van der Waals surface area contributed by atoms with E-state index in [-0.39, 0.29) is 35.5 Å². The smallest absolute Gasteiger partial charge is 0.274 e. The molecule has 1 fully saturated rings. The van der Waals surface area contributed by atoms with Crippen molar-refractivity contribution in [2.24, 2.45) is 7.05 Å². The Balaban J connectivity index is 1.80. The Bertz CT molecular complexity index is 878. The average Bonchev–Trinajstić information content (AvgIpc) is 2.84. The summed E-state index contributed by atoms with van der Waals surface area (Å²) >= 11 is 0. The minimum absolute atomic E-state index is 0.0504. The Morgan fingerprint density at radius 3 is 2.56 bits per heavy atom. The third-order valence-electron chi connectivity index (χ3n) is 4.92. The molecule has 2 amide bonds. The maximum absolute atomic E-state index is 12.9. The van der Waals surface area contributed by atoms with Crippen molar-refractivity contribution in [1.82, 2.24) is 19.6 Å². The van der Waals surface area contributed by atoms with Crippen molar-refractivity contribution < 1.29 is 9.59 Å². The minimum Gasteiger partial charge on any atom is -0.335 e. The van der Waals surface area contributed by atoms with Gasteiger partial charge in [-0.15, -0.1) is 0 Å². The summed E-state index contributed by atoms with van der Waals surface area (Å²) in [7, 11) is 1.52. The van der Waals surface area contributed by atoms with Crippen molar-refractivity contribution in [3.05, 3.63) is 64.1 Å². The molecule has 142 valence electrons. The number of rotatable bonds is 4. The quantitative estimate of drug-likeness (QED) is 0.818. The highest BCUT2D eigenvalue weighted by molar-refractivity contribution is 5.92. The predicted octanol–water partition coefficient (Wildman–Crippen LogP) is 1.43. The van der Waals surface area contributed by atoms with E-state index in [0.29, 0.717) is 19.6 Å². The summed E-state index contributed by atoms with van der Waals surface area (Å²) < 4.78 is 1.15. The molecule has 1 atom stereocenters. The summed E-state index contributed by atoms with van der Waals surface area (Å²) in [5.41, 5.74) is 1.03. The summed E-state index contributed by atoms with van der Waals surface area (Å²) in [6.07, 6.45) is 1.03. The lowest BCUT2D eigenvalue weighted by Crippen LogP contribution is -2.44. The van der Waals surface area contributed by atoms with E-state index in [1.165, 1.54) is 19.2 Å². The molecule has 0 spiro atoms. The third-order valence-corrected chi connectivity index (χ3v) is 4.92. The third kappa shape index (κ3) is 4.24. The molecule has 1 saturated heterocycles. The zero-order valence-corrected chi connectivity index (χ0v) is 15.7. The van der Waals surface area contributed by atoms with Gasteiger partial charge in [-0.2, -0.15) is 5.10 Å². The highest BCUT2D eigenvalue weighted by Crippen LogP contribution is 2.18. The fourth-order valence-corrected chi connectivity index (χ4v) is 3.33. The molecule has 7 heteroatoms. The summed E-state index contributed by atoms with van der Waals surface area (Å²) in [4.78, 5) is 40.6. The van der Waals surface area contributed by atoms with Crippen molar-refractivity contribution in [2.45, 2.75) is 32.4 Å². The summed E-state index contributed by atoms with van der Waals surface area (Å²) in [5.74, 6) is -0.201. The molecule has 1 aliphatic rings. The monoisotopic (exact) mass is 368 g/mol. The number of amides is 2. The SMILES string of the molecule is CC[C@H]1CN(C(=O)c2ccc(=O)n(C)n2)CCC(=O)N1Cc1ccccc1. The molecule has 3 rings (SSSR count). The van der Waals surface area contributed by atoms with Crippen LogP contribution in [0.5, 0.6) is 0 Å². The largest absolute Gasteiger partial charge is 0.335 e. The zero-order chi connectivity index (χ0) is 19.4. The lowest BCUT2D eigenvalue weighted by atomic mass is 10.1. The number of carbonyl (C=O) groups excluding carboxylic acids is 2. The van der Waals surface area contributed by atoms with Crippen LogP contribution in [-0.2, 0) is 18.4 Å². The standard InChI is InChI=1S/C20H24N4O3/c1-3-16-14-23(20(27)17-9-10-18(25)22(2)21-17)12-11-19(26)24(16)13-15-7-5-4-6-8-15/h4-10,16H,3,11-14H2,1-2H3/t16-/m0/s1. The van der Waals surface area contributed by atoms with Crippen LogP contribution in [-0.4, -0.2) is 50.5 Å². The lowest BCUT2D eigenvalue weighted by Gasteiger charge is -2.31. The van der Waals surface area contributed by atoms with Gasteiger partial charge in [-0.25, -0.2) is 4.68 Å². The van der Waals surface area contributed by atoms with Gasteiger partial charge in [-0.1, -0.05) is 37.3 Å². The van der Waals surface area contributed by atoms with Gasteiger partial charge in [0.15, 0.2) is 0 Å². The molecule has 0 bridgehead atoms. The molecule has 0 radical (unpaired) electrons. The van der Waals surface area contributed by atoms with E-state index in [0.717, 1.165) is 16.7 Å². The maximum Gasteiger partial charge on any atom is 0.274 e. The molecule has 0 unspecified atom stereocenters. The number of benzene rings is 1. The second-order valence-electron chi connectivity index (χ2n) is 6.75. The van der Waals surface area contributed by atoms with Crippen molar-refractivity contribution in [2.75, 3.05) is 13.1 Å². The molecule has 2 aromatic rings. The molecule has 1 aliphatic heterocycles. The Hall–Kier alpha value is -2.96. The van der Waals surface area contributed by atoms with Crippen molar-refractivity contribution in [3.8, 4) is 0 Å². The van der Waals surface area contributed by atoms with Crippen LogP contribution in [0.3, 0.4) is 0 Å². The number of nitrogens with zero attached hydrogens (tertiary/aromatic N) is 4. The van der Waals surface area contributed by atoms with Crippen LogP contribution in [0.25, 0.3) is 0 Å². The van der Waals surface area contributed by atoms with Crippen molar-refractivity contribution in [1.29, 1.82) is 0 Å². The molecular weight excluding hydrogens is 344 g/mol.